The third kappa shape index (κ3) is 3.89. The largest absolute Gasteiger partial charge is 0.454 e. The van der Waals surface area contributed by atoms with E-state index in [0.717, 1.165) is 39.0 Å². The summed E-state index contributed by atoms with van der Waals surface area (Å²) < 4.78 is 6.77. The molecule has 1 aliphatic rings. The van der Waals surface area contributed by atoms with Gasteiger partial charge in [0.2, 0.25) is 0 Å². The minimum Gasteiger partial charge on any atom is -0.454 e. The molecular weight excluding hydrogens is 546 g/mol. The average Bonchev–Trinajstić information content (AvgIpc) is 3.59. The van der Waals surface area contributed by atoms with E-state index < -0.39 is 0 Å². The third-order valence-electron chi connectivity index (χ3n) is 9.63. The molecule has 0 saturated heterocycles. The first kappa shape index (κ1) is 25.9. The van der Waals surface area contributed by atoms with E-state index in [2.05, 4.69) is 164 Å². The van der Waals surface area contributed by atoms with Gasteiger partial charge in [0, 0.05) is 27.6 Å². The van der Waals surface area contributed by atoms with Crippen molar-refractivity contribution in [3.05, 3.63) is 163 Å². The van der Waals surface area contributed by atoms with Crippen LogP contribution in [0.3, 0.4) is 0 Å². The van der Waals surface area contributed by atoms with E-state index in [1.54, 1.807) is 0 Å². The van der Waals surface area contributed by atoms with Gasteiger partial charge in [0.05, 0.1) is 5.69 Å². The number of hydrogen-bond donors (Lipinski definition) is 0. The first-order chi connectivity index (χ1) is 22.1. The summed E-state index contributed by atoms with van der Waals surface area (Å²) >= 11 is 0. The Balaban J connectivity index is 1.36. The van der Waals surface area contributed by atoms with Crippen LogP contribution in [-0.4, -0.2) is 0 Å². The fraction of sp³-hybridized carbons (Fsp3) is 0.0698. The van der Waals surface area contributed by atoms with E-state index in [1.165, 1.54) is 44.2 Å². The van der Waals surface area contributed by atoms with Crippen molar-refractivity contribution in [2.45, 2.75) is 19.3 Å². The van der Waals surface area contributed by atoms with Crippen molar-refractivity contribution >= 4 is 49.8 Å². The van der Waals surface area contributed by atoms with Crippen LogP contribution < -0.4 is 4.90 Å². The molecule has 1 heterocycles. The van der Waals surface area contributed by atoms with Crippen molar-refractivity contribution in [1.29, 1.82) is 0 Å². The van der Waals surface area contributed by atoms with Crippen molar-refractivity contribution in [2.24, 2.45) is 0 Å². The summed E-state index contributed by atoms with van der Waals surface area (Å²) in [6, 6.07) is 54.6. The van der Waals surface area contributed by atoms with Crippen molar-refractivity contribution in [1.82, 2.24) is 0 Å². The lowest BCUT2D eigenvalue weighted by molar-refractivity contribution is 0.660. The van der Waals surface area contributed by atoms with Gasteiger partial charge >= 0.3 is 0 Å². The molecule has 1 aromatic heterocycles. The Hall–Kier alpha value is -5.60. The molecule has 7 aromatic carbocycles. The van der Waals surface area contributed by atoms with Crippen molar-refractivity contribution < 1.29 is 4.42 Å². The van der Waals surface area contributed by atoms with Gasteiger partial charge in [-0.15, -0.1) is 0 Å². The predicted octanol–water partition coefficient (Wildman–Crippen LogP) is 12.2. The van der Waals surface area contributed by atoms with Crippen LogP contribution in [0, 0.1) is 0 Å². The maximum absolute atomic E-state index is 6.77. The third-order valence-corrected chi connectivity index (χ3v) is 9.63. The number of fused-ring (bicyclic) bond motifs is 8. The van der Waals surface area contributed by atoms with Gasteiger partial charge in [-0.2, -0.15) is 0 Å². The summed E-state index contributed by atoms with van der Waals surface area (Å²) in [5, 5.41) is 4.66. The first-order valence-electron chi connectivity index (χ1n) is 15.6. The predicted molar refractivity (Wildman–Crippen MR) is 189 cm³/mol. The summed E-state index contributed by atoms with van der Waals surface area (Å²) in [4.78, 5) is 2.39. The quantitative estimate of drug-likeness (QED) is 0.207. The Bertz CT molecular complexity index is 2410. The molecule has 0 N–H and O–H groups in total. The molecule has 2 heteroatoms. The zero-order valence-corrected chi connectivity index (χ0v) is 25.3. The SMILES string of the molecule is CC1(C)c2ccccc2-c2cc(N(c3cccc(-c4ccccc4)c3)c3cc4ccccc4c4c3oc3ccccc34)ccc21. The molecule has 9 rings (SSSR count). The van der Waals surface area contributed by atoms with Crippen LogP contribution in [-0.2, 0) is 5.41 Å². The van der Waals surface area contributed by atoms with Crippen LogP contribution >= 0.6 is 0 Å². The molecule has 1 aliphatic carbocycles. The molecule has 0 saturated carbocycles. The summed E-state index contributed by atoms with van der Waals surface area (Å²) in [6.45, 7) is 4.67. The first-order valence-corrected chi connectivity index (χ1v) is 15.6. The molecule has 0 unspecified atom stereocenters. The Morgan fingerprint density at radius 2 is 1.20 bits per heavy atom. The molecule has 45 heavy (non-hydrogen) atoms. The lowest BCUT2D eigenvalue weighted by Gasteiger charge is -2.28. The van der Waals surface area contributed by atoms with Gasteiger partial charge in [0.25, 0.3) is 0 Å². The Kier molecular flexibility index (Phi) is 5.58. The minimum atomic E-state index is -0.0581. The van der Waals surface area contributed by atoms with Gasteiger partial charge in [-0.3, -0.25) is 0 Å². The maximum Gasteiger partial charge on any atom is 0.160 e. The van der Waals surface area contributed by atoms with Gasteiger partial charge < -0.3 is 9.32 Å². The lowest BCUT2D eigenvalue weighted by atomic mass is 9.82. The number of furan rings is 1. The molecule has 0 radical (unpaired) electrons. The molecule has 0 spiro atoms. The summed E-state index contributed by atoms with van der Waals surface area (Å²) in [7, 11) is 0. The molecule has 0 amide bonds. The van der Waals surface area contributed by atoms with Crippen LogP contribution in [0.1, 0.15) is 25.0 Å². The standard InChI is InChI=1S/C43H31NO/c1-43(2)37-21-10-8-19-34(37)36-27-32(23-24-38(36)43)44(31-17-12-16-29(25-31)28-13-4-3-5-14-28)39-26-30-15-6-7-18-33(30)41-35-20-9-11-22-40(35)45-42(39)41/h3-27H,1-2H3. The number of rotatable bonds is 4. The fourth-order valence-corrected chi connectivity index (χ4v) is 7.45. The van der Waals surface area contributed by atoms with E-state index in [9.17, 15) is 0 Å². The molecule has 214 valence electrons. The van der Waals surface area contributed by atoms with E-state index >= 15 is 0 Å². The second-order valence-electron chi connectivity index (χ2n) is 12.6. The fourth-order valence-electron chi connectivity index (χ4n) is 7.45. The Morgan fingerprint density at radius 1 is 0.511 bits per heavy atom. The van der Waals surface area contributed by atoms with Crippen LogP contribution in [0.15, 0.2) is 156 Å². The van der Waals surface area contributed by atoms with Gasteiger partial charge in [0.1, 0.15) is 5.58 Å². The number of nitrogens with zero attached hydrogens (tertiary/aromatic N) is 1. The maximum atomic E-state index is 6.77. The zero-order chi connectivity index (χ0) is 30.1. The van der Waals surface area contributed by atoms with Gasteiger partial charge in [-0.25, -0.2) is 0 Å². The van der Waals surface area contributed by atoms with E-state index in [4.69, 9.17) is 4.42 Å². The van der Waals surface area contributed by atoms with Crippen molar-refractivity contribution in [3.63, 3.8) is 0 Å². The highest BCUT2D eigenvalue weighted by Gasteiger charge is 2.35. The highest BCUT2D eigenvalue weighted by atomic mass is 16.3. The van der Waals surface area contributed by atoms with E-state index in [1.807, 2.05) is 6.07 Å². The van der Waals surface area contributed by atoms with E-state index in [0.29, 0.717) is 0 Å². The zero-order valence-electron chi connectivity index (χ0n) is 25.3. The van der Waals surface area contributed by atoms with Crippen molar-refractivity contribution in [2.75, 3.05) is 4.90 Å². The Morgan fingerprint density at radius 3 is 2.09 bits per heavy atom. The minimum absolute atomic E-state index is 0.0581. The van der Waals surface area contributed by atoms with Crippen molar-refractivity contribution in [3.8, 4) is 22.3 Å². The average molecular weight is 578 g/mol. The monoisotopic (exact) mass is 577 g/mol. The topological polar surface area (TPSA) is 16.4 Å². The highest BCUT2D eigenvalue weighted by molar-refractivity contribution is 6.23. The highest BCUT2D eigenvalue weighted by Crippen LogP contribution is 2.52. The molecule has 0 aliphatic heterocycles. The van der Waals surface area contributed by atoms with Gasteiger partial charge in [-0.1, -0.05) is 129 Å². The van der Waals surface area contributed by atoms with Crippen LogP contribution in [0.4, 0.5) is 17.1 Å². The molecular formula is C43H31NO. The molecule has 0 fully saturated rings. The molecule has 0 bridgehead atoms. The van der Waals surface area contributed by atoms with Crippen LogP contribution in [0.5, 0.6) is 0 Å². The second kappa shape index (κ2) is 9.70. The molecule has 2 nitrogen and oxygen atoms in total. The van der Waals surface area contributed by atoms with Gasteiger partial charge in [0.15, 0.2) is 5.58 Å². The number of para-hydroxylation sites is 1. The molecule has 8 aromatic rings. The summed E-state index contributed by atoms with van der Waals surface area (Å²) in [5.41, 5.74) is 12.6. The summed E-state index contributed by atoms with van der Waals surface area (Å²) in [6.07, 6.45) is 0. The Labute approximate surface area is 262 Å². The lowest BCUT2D eigenvalue weighted by Crippen LogP contribution is -2.15. The second-order valence-corrected chi connectivity index (χ2v) is 12.6. The van der Waals surface area contributed by atoms with Crippen LogP contribution in [0.25, 0.3) is 55.0 Å². The number of hydrogen-bond acceptors (Lipinski definition) is 2. The van der Waals surface area contributed by atoms with Gasteiger partial charge in [-0.05, 0) is 80.6 Å². The number of anilines is 3. The smallest absolute Gasteiger partial charge is 0.160 e. The number of benzene rings is 7. The van der Waals surface area contributed by atoms with Crippen LogP contribution in [0.2, 0.25) is 0 Å². The summed E-state index contributed by atoms with van der Waals surface area (Å²) in [5.74, 6) is 0. The molecule has 0 atom stereocenters. The normalized spacial score (nSPS) is 13.3. The van der Waals surface area contributed by atoms with E-state index in [-0.39, 0.29) is 5.41 Å².